The number of pyridine rings is 1. The summed E-state index contributed by atoms with van der Waals surface area (Å²) in [5.41, 5.74) is 1.29. The van der Waals surface area contributed by atoms with Gasteiger partial charge in [0.2, 0.25) is 0 Å². The fraction of sp³-hybridized carbons (Fsp3) is 0.444. The first kappa shape index (κ1) is 10.2. The maximum atomic E-state index is 4.11. The molecule has 1 atom stereocenters. The first-order valence-electron chi connectivity index (χ1n) is 3.87. The third kappa shape index (κ3) is 3.23. The third-order valence-corrected chi connectivity index (χ3v) is 3.15. The second-order valence-electron chi connectivity index (χ2n) is 2.98. The van der Waals surface area contributed by atoms with Crippen molar-refractivity contribution < 1.29 is 0 Å². The molecule has 1 aromatic rings. The van der Waals surface area contributed by atoms with Gasteiger partial charge in [-0.05, 0) is 39.9 Å². The highest BCUT2D eigenvalue weighted by Crippen LogP contribution is 2.14. The maximum absolute atomic E-state index is 4.11. The van der Waals surface area contributed by atoms with Gasteiger partial charge >= 0.3 is 0 Å². The molecule has 12 heavy (non-hydrogen) atoms. The number of rotatable bonds is 3. The number of hydrogen-bond acceptors (Lipinski definition) is 1. The van der Waals surface area contributed by atoms with Crippen LogP contribution in [0.3, 0.4) is 0 Å². The van der Waals surface area contributed by atoms with Crippen molar-refractivity contribution in [1.29, 1.82) is 0 Å². The predicted octanol–water partition coefficient (Wildman–Crippen LogP) is 3.42. The minimum atomic E-state index is 0.668. The Morgan fingerprint density at radius 2 is 2.25 bits per heavy atom. The zero-order valence-corrected chi connectivity index (χ0v) is 10.1. The van der Waals surface area contributed by atoms with Crippen LogP contribution < -0.4 is 0 Å². The Morgan fingerprint density at radius 1 is 1.50 bits per heavy atom. The molecule has 1 rings (SSSR count). The van der Waals surface area contributed by atoms with E-state index in [4.69, 9.17) is 0 Å². The second kappa shape index (κ2) is 4.97. The van der Waals surface area contributed by atoms with Gasteiger partial charge in [0.15, 0.2) is 0 Å². The minimum absolute atomic E-state index is 0.668. The number of halogens is 2. The smallest absolute Gasteiger partial charge is 0.0410 e. The van der Waals surface area contributed by atoms with Crippen molar-refractivity contribution >= 4 is 31.9 Å². The third-order valence-electron chi connectivity index (χ3n) is 1.61. The summed E-state index contributed by atoms with van der Waals surface area (Å²) >= 11 is 6.86. The van der Waals surface area contributed by atoms with E-state index >= 15 is 0 Å². The molecule has 0 radical (unpaired) electrons. The van der Waals surface area contributed by atoms with Gasteiger partial charge in [-0.3, -0.25) is 4.98 Å². The van der Waals surface area contributed by atoms with Crippen LogP contribution in [0.2, 0.25) is 0 Å². The molecular weight excluding hydrogens is 282 g/mol. The van der Waals surface area contributed by atoms with Crippen LogP contribution in [0.4, 0.5) is 0 Å². The summed E-state index contributed by atoms with van der Waals surface area (Å²) < 4.78 is 1.06. The van der Waals surface area contributed by atoms with Crippen molar-refractivity contribution in [3.8, 4) is 0 Å². The van der Waals surface area contributed by atoms with Crippen LogP contribution in [0.1, 0.15) is 12.5 Å². The lowest BCUT2D eigenvalue weighted by Crippen LogP contribution is -2.00. The van der Waals surface area contributed by atoms with Crippen LogP contribution >= 0.6 is 31.9 Å². The van der Waals surface area contributed by atoms with Crippen molar-refractivity contribution in [3.05, 3.63) is 28.5 Å². The van der Waals surface area contributed by atoms with E-state index < -0.39 is 0 Å². The lowest BCUT2D eigenvalue weighted by atomic mass is 10.1. The van der Waals surface area contributed by atoms with Crippen molar-refractivity contribution in [3.63, 3.8) is 0 Å². The first-order valence-corrected chi connectivity index (χ1v) is 5.79. The van der Waals surface area contributed by atoms with E-state index in [0.717, 1.165) is 16.2 Å². The van der Waals surface area contributed by atoms with Crippen molar-refractivity contribution in [2.45, 2.75) is 13.3 Å². The normalized spacial score (nSPS) is 12.9. The molecule has 0 aliphatic heterocycles. The molecule has 0 aliphatic carbocycles. The van der Waals surface area contributed by atoms with Gasteiger partial charge in [0, 0.05) is 22.2 Å². The zero-order valence-electron chi connectivity index (χ0n) is 6.93. The molecule has 0 saturated carbocycles. The molecule has 0 spiro atoms. The quantitative estimate of drug-likeness (QED) is 0.778. The Kier molecular flexibility index (Phi) is 4.22. The van der Waals surface area contributed by atoms with E-state index in [1.54, 1.807) is 0 Å². The molecule has 3 heteroatoms. The molecule has 1 aromatic heterocycles. The van der Waals surface area contributed by atoms with Gasteiger partial charge in [-0.2, -0.15) is 0 Å². The summed E-state index contributed by atoms with van der Waals surface area (Å²) in [6, 6.07) is 2.12. The molecule has 0 amide bonds. The van der Waals surface area contributed by atoms with E-state index in [1.807, 2.05) is 12.4 Å². The van der Waals surface area contributed by atoms with E-state index in [1.165, 1.54) is 5.56 Å². The van der Waals surface area contributed by atoms with Crippen molar-refractivity contribution in [1.82, 2.24) is 4.98 Å². The Bertz CT molecular complexity index is 250. The van der Waals surface area contributed by atoms with E-state index in [-0.39, 0.29) is 0 Å². The second-order valence-corrected chi connectivity index (χ2v) is 4.54. The topological polar surface area (TPSA) is 12.9 Å². The van der Waals surface area contributed by atoms with Gasteiger partial charge in [0.1, 0.15) is 0 Å². The highest BCUT2D eigenvalue weighted by atomic mass is 79.9. The average Bonchev–Trinajstić information content (AvgIpc) is 2.04. The fourth-order valence-electron chi connectivity index (χ4n) is 1.02. The Morgan fingerprint density at radius 3 is 2.83 bits per heavy atom. The largest absolute Gasteiger partial charge is 0.263 e. The Labute approximate surface area is 89.8 Å². The molecule has 66 valence electrons. The minimum Gasteiger partial charge on any atom is -0.263 e. The van der Waals surface area contributed by atoms with Gasteiger partial charge in [0.25, 0.3) is 0 Å². The molecule has 1 nitrogen and oxygen atoms in total. The summed E-state index contributed by atoms with van der Waals surface area (Å²) in [5, 5.41) is 1.04. The molecule has 1 heterocycles. The molecular formula is C9H11Br2N. The molecule has 0 aliphatic rings. The van der Waals surface area contributed by atoms with Crippen LogP contribution in [0.5, 0.6) is 0 Å². The van der Waals surface area contributed by atoms with Gasteiger partial charge in [0.05, 0.1) is 0 Å². The average molecular weight is 293 g/mol. The zero-order chi connectivity index (χ0) is 8.97. The summed E-state index contributed by atoms with van der Waals surface area (Å²) in [6.45, 7) is 2.22. The maximum Gasteiger partial charge on any atom is 0.0410 e. The van der Waals surface area contributed by atoms with Crippen LogP contribution in [0, 0.1) is 5.92 Å². The Hall–Kier alpha value is 0.110. The number of alkyl halides is 1. The van der Waals surface area contributed by atoms with Gasteiger partial charge < -0.3 is 0 Å². The summed E-state index contributed by atoms with van der Waals surface area (Å²) in [4.78, 5) is 4.11. The lowest BCUT2D eigenvalue weighted by Gasteiger charge is -2.06. The molecule has 1 unspecified atom stereocenters. The van der Waals surface area contributed by atoms with E-state index in [0.29, 0.717) is 5.92 Å². The SMILES string of the molecule is CC(CBr)Cc1cncc(Br)c1. The van der Waals surface area contributed by atoms with E-state index in [2.05, 4.69) is 49.8 Å². The lowest BCUT2D eigenvalue weighted by molar-refractivity contribution is 0.661. The Balaban J connectivity index is 2.63. The van der Waals surface area contributed by atoms with Crippen LogP contribution in [-0.2, 0) is 6.42 Å². The van der Waals surface area contributed by atoms with Crippen molar-refractivity contribution in [2.75, 3.05) is 5.33 Å². The summed E-state index contributed by atoms with van der Waals surface area (Å²) in [7, 11) is 0. The van der Waals surface area contributed by atoms with E-state index in [9.17, 15) is 0 Å². The van der Waals surface area contributed by atoms with Gasteiger partial charge in [-0.15, -0.1) is 0 Å². The van der Waals surface area contributed by atoms with Gasteiger partial charge in [-0.25, -0.2) is 0 Å². The summed E-state index contributed by atoms with van der Waals surface area (Å²) in [6.07, 6.45) is 4.81. The molecule has 0 saturated heterocycles. The molecule has 0 aromatic carbocycles. The number of hydrogen-bond donors (Lipinski definition) is 0. The highest BCUT2D eigenvalue weighted by molar-refractivity contribution is 9.10. The fourth-order valence-corrected chi connectivity index (χ4v) is 1.67. The molecule has 0 N–H and O–H groups in total. The number of aromatic nitrogens is 1. The van der Waals surface area contributed by atoms with Gasteiger partial charge in [-0.1, -0.05) is 22.9 Å². The predicted molar refractivity (Wildman–Crippen MR) is 58.6 cm³/mol. The first-order chi connectivity index (χ1) is 5.72. The molecule has 0 bridgehead atoms. The van der Waals surface area contributed by atoms with Crippen LogP contribution in [-0.4, -0.2) is 10.3 Å². The molecule has 0 fully saturated rings. The monoisotopic (exact) mass is 291 g/mol. The van der Waals surface area contributed by atoms with Crippen LogP contribution in [0.15, 0.2) is 22.9 Å². The standard InChI is InChI=1S/C9H11Br2N/c1-7(4-10)2-8-3-9(11)6-12-5-8/h3,5-7H,2,4H2,1H3. The van der Waals surface area contributed by atoms with Crippen LogP contribution in [0.25, 0.3) is 0 Å². The summed E-state index contributed by atoms with van der Waals surface area (Å²) in [5.74, 6) is 0.668. The van der Waals surface area contributed by atoms with Crippen molar-refractivity contribution in [2.24, 2.45) is 5.92 Å². The highest BCUT2D eigenvalue weighted by Gasteiger charge is 2.01. The number of nitrogens with zero attached hydrogens (tertiary/aromatic N) is 1.